The quantitative estimate of drug-likeness (QED) is 0.803. The Hall–Kier alpha value is -1.55. The van der Waals surface area contributed by atoms with Crippen LogP contribution in [0.4, 0.5) is 10.5 Å². The number of ether oxygens (including phenoxy) is 1. The maximum Gasteiger partial charge on any atom is 0.412 e. The minimum Gasteiger partial charge on any atom is -0.444 e. The molecule has 1 amide bonds. The van der Waals surface area contributed by atoms with Crippen LogP contribution >= 0.6 is 0 Å². The predicted octanol–water partition coefficient (Wildman–Crippen LogP) is 3.19. The monoisotopic (exact) mass is 264 g/mol. The first kappa shape index (κ1) is 15.5. The van der Waals surface area contributed by atoms with Crippen molar-refractivity contribution >= 4 is 11.8 Å². The first-order chi connectivity index (χ1) is 8.90. The Morgan fingerprint density at radius 3 is 2.37 bits per heavy atom. The van der Waals surface area contributed by atoms with Crippen molar-refractivity contribution in [2.75, 3.05) is 18.4 Å². The van der Waals surface area contributed by atoms with Crippen molar-refractivity contribution in [1.29, 1.82) is 0 Å². The van der Waals surface area contributed by atoms with Gasteiger partial charge in [0, 0.05) is 5.69 Å². The Balaban J connectivity index is 2.45. The highest BCUT2D eigenvalue weighted by Crippen LogP contribution is 2.13. The van der Waals surface area contributed by atoms with Gasteiger partial charge in [0.2, 0.25) is 0 Å². The highest BCUT2D eigenvalue weighted by molar-refractivity contribution is 5.84. The van der Waals surface area contributed by atoms with Crippen molar-refractivity contribution in [3.8, 4) is 0 Å². The fraction of sp³-hybridized carbons (Fsp3) is 0.533. The first-order valence-corrected chi connectivity index (χ1v) is 6.70. The van der Waals surface area contributed by atoms with Gasteiger partial charge in [-0.15, -0.1) is 0 Å². The normalized spacial score (nSPS) is 11.2. The smallest absolute Gasteiger partial charge is 0.412 e. The number of likely N-dealkylation sites (N-methyl/N-ethyl adjacent to an activating group) is 1. The molecular formula is C15H24N2O2. The first-order valence-electron chi connectivity index (χ1n) is 6.70. The van der Waals surface area contributed by atoms with E-state index in [2.05, 4.69) is 17.6 Å². The van der Waals surface area contributed by atoms with Crippen LogP contribution in [0.3, 0.4) is 0 Å². The van der Waals surface area contributed by atoms with Gasteiger partial charge in [0.1, 0.15) is 5.60 Å². The molecule has 0 aliphatic rings. The van der Waals surface area contributed by atoms with Gasteiger partial charge < -0.3 is 10.1 Å². The van der Waals surface area contributed by atoms with E-state index < -0.39 is 11.7 Å². The number of hydrogen-bond donors (Lipinski definition) is 2. The van der Waals surface area contributed by atoms with E-state index in [1.54, 1.807) is 0 Å². The zero-order valence-corrected chi connectivity index (χ0v) is 12.2. The van der Waals surface area contributed by atoms with Gasteiger partial charge in [-0.2, -0.15) is 0 Å². The van der Waals surface area contributed by atoms with Gasteiger partial charge in [-0.25, -0.2) is 4.79 Å². The van der Waals surface area contributed by atoms with Crippen molar-refractivity contribution < 1.29 is 9.53 Å². The zero-order chi connectivity index (χ0) is 14.3. The van der Waals surface area contributed by atoms with Crippen LogP contribution in [0.1, 0.15) is 33.3 Å². The van der Waals surface area contributed by atoms with Crippen molar-refractivity contribution in [2.24, 2.45) is 0 Å². The SMILES string of the molecule is CCNCCc1ccc(NC(=O)OC(C)(C)C)cc1. The molecule has 0 aliphatic carbocycles. The summed E-state index contributed by atoms with van der Waals surface area (Å²) in [6.45, 7) is 9.57. The molecule has 0 heterocycles. The lowest BCUT2D eigenvalue weighted by Crippen LogP contribution is -2.27. The fourth-order valence-corrected chi connectivity index (χ4v) is 1.59. The van der Waals surface area contributed by atoms with Crippen molar-refractivity contribution in [3.63, 3.8) is 0 Å². The Morgan fingerprint density at radius 2 is 1.84 bits per heavy atom. The third-order valence-corrected chi connectivity index (χ3v) is 2.44. The minimum absolute atomic E-state index is 0.423. The Morgan fingerprint density at radius 1 is 1.21 bits per heavy atom. The maximum atomic E-state index is 11.6. The average molecular weight is 264 g/mol. The molecular weight excluding hydrogens is 240 g/mol. The topological polar surface area (TPSA) is 50.4 Å². The number of carbonyl (C=O) groups excluding carboxylic acids is 1. The summed E-state index contributed by atoms with van der Waals surface area (Å²) >= 11 is 0. The lowest BCUT2D eigenvalue weighted by Gasteiger charge is -2.19. The molecule has 1 aromatic rings. The number of benzene rings is 1. The third-order valence-electron chi connectivity index (χ3n) is 2.44. The number of carbonyl (C=O) groups is 1. The molecule has 0 saturated heterocycles. The zero-order valence-electron chi connectivity index (χ0n) is 12.2. The molecule has 4 heteroatoms. The van der Waals surface area contributed by atoms with Crippen LogP contribution < -0.4 is 10.6 Å². The van der Waals surface area contributed by atoms with Gasteiger partial charge in [0.05, 0.1) is 0 Å². The van der Waals surface area contributed by atoms with E-state index in [-0.39, 0.29) is 0 Å². The van der Waals surface area contributed by atoms with Gasteiger partial charge in [-0.05, 0) is 58.0 Å². The lowest BCUT2D eigenvalue weighted by atomic mass is 10.1. The van der Waals surface area contributed by atoms with Crippen LogP contribution in [0.25, 0.3) is 0 Å². The summed E-state index contributed by atoms with van der Waals surface area (Å²) in [6.07, 6.45) is 0.563. The Labute approximate surface area is 115 Å². The summed E-state index contributed by atoms with van der Waals surface area (Å²) in [5, 5.41) is 6.00. The molecule has 1 rings (SSSR count). The summed E-state index contributed by atoms with van der Waals surface area (Å²) in [5.74, 6) is 0. The molecule has 0 saturated carbocycles. The van der Waals surface area contributed by atoms with Crippen LogP contribution in [0.15, 0.2) is 24.3 Å². The predicted molar refractivity (Wildman–Crippen MR) is 78.5 cm³/mol. The van der Waals surface area contributed by atoms with Crippen LogP contribution in [-0.4, -0.2) is 24.8 Å². The molecule has 19 heavy (non-hydrogen) atoms. The molecule has 0 fully saturated rings. The lowest BCUT2D eigenvalue weighted by molar-refractivity contribution is 0.0636. The molecule has 0 unspecified atom stereocenters. The van der Waals surface area contributed by atoms with E-state index in [0.717, 1.165) is 25.2 Å². The molecule has 4 nitrogen and oxygen atoms in total. The summed E-state index contributed by atoms with van der Waals surface area (Å²) in [5.41, 5.74) is 1.52. The highest BCUT2D eigenvalue weighted by atomic mass is 16.6. The van der Waals surface area contributed by atoms with Gasteiger partial charge in [-0.1, -0.05) is 19.1 Å². The standard InChI is InChI=1S/C15H24N2O2/c1-5-16-11-10-12-6-8-13(9-7-12)17-14(18)19-15(2,3)4/h6-9,16H,5,10-11H2,1-4H3,(H,17,18). The largest absolute Gasteiger partial charge is 0.444 e. The number of anilines is 1. The molecule has 0 bridgehead atoms. The summed E-state index contributed by atoms with van der Waals surface area (Å²) < 4.78 is 5.19. The average Bonchev–Trinajstić information content (AvgIpc) is 2.29. The van der Waals surface area contributed by atoms with E-state index >= 15 is 0 Å². The summed E-state index contributed by atoms with van der Waals surface area (Å²) in [7, 11) is 0. The van der Waals surface area contributed by atoms with Crippen molar-refractivity contribution in [3.05, 3.63) is 29.8 Å². The van der Waals surface area contributed by atoms with Gasteiger partial charge in [-0.3, -0.25) is 5.32 Å². The van der Waals surface area contributed by atoms with Gasteiger partial charge >= 0.3 is 6.09 Å². The van der Waals surface area contributed by atoms with Crippen molar-refractivity contribution in [2.45, 2.75) is 39.7 Å². The van der Waals surface area contributed by atoms with Crippen LogP contribution in [0, 0.1) is 0 Å². The van der Waals surface area contributed by atoms with E-state index in [1.807, 2.05) is 45.0 Å². The third kappa shape index (κ3) is 6.82. The highest BCUT2D eigenvalue weighted by Gasteiger charge is 2.15. The minimum atomic E-state index is -0.476. The van der Waals surface area contributed by atoms with Crippen LogP contribution in [-0.2, 0) is 11.2 Å². The number of nitrogens with one attached hydrogen (secondary N) is 2. The van der Waals surface area contributed by atoms with E-state index in [1.165, 1.54) is 5.56 Å². The number of rotatable bonds is 5. The molecule has 0 radical (unpaired) electrons. The van der Waals surface area contributed by atoms with Crippen LogP contribution in [0.5, 0.6) is 0 Å². The molecule has 0 aromatic heterocycles. The Kier molecular flexibility index (Phi) is 5.83. The summed E-state index contributed by atoms with van der Waals surface area (Å²) in [4.78, 5) is 11.6. The van der Waals surface area contributed by atoms with Gasteiger partial charge in [0.25, 0.3) is 0 Å². The number of amides is 1. The second-order valence-corrected chi connectivity index (χ2v) is 5.43. The molecule has 0 spiro atoms. The second-order valence-electron chi connectivity index (χ2n) is 5.43. The molecule has 1 aromatic carbocycles. The van der Waals surface area contributed by atoms with Crippen LogP contribution in [0.2, 0.25) is 0 Å². The second kappa shape index (κ2) is 7.14. The summed E-state index contributed by atoms with van der Waals surface area (Å²) in [6, 6.07) is 7.82. The molecule has 2 N–H and O–H groups in total. The molecule has 106 valence electrons. The van der Waals surface area contributed by atoms with Gasteiger partial charge in [0.15, 0.2) is 0 Å². The Bertz CT molecular complexity index is 394. The molecule has 0 atom stereocenters. The van der Waals surface area contributed by atoms with E-state index in [9.17, 15) is 4.79 Å². The van der Waals surface area contributed by atoms with Crippen molar-refractivity contribution in [1.82, 2.24) is 5.32 Å². The fourth-order valence-electron chi connectivity index (χ4n) is 1.59. The number of hydrogen-bond acceptors (Lipinski definition) is 3. The maximum absolute atomic E-state index is 11.6. The van der Waals surface area contributed by atoms with E-state index in [0.29, 0.717) is 0 Å². The van der Waals surface area contributed by atoms with E-state index in [4.69, 9.17) is 4.74 Å². The molecule has 0 aliphatic heterocycles.